The molecule has 2 bridgehead atoms. The van der Waals surface area contributed by atoms with Crippen LogP contribution in [0.3, 0.4) is 0 Å². The van der Waals surface area contributed by atoms with Gasteiger partial charge in [0.1, 0.15) is 0 Å². The van der Waals surface area contributed by atoms with Crippen molar-refractivity contribution >= 4 is 24.2 Å². The second-order valence-corrected chi connectivity index (χ2v) is 13.5. The van der Waals surface area contributed by atoms with Gasteiger partial charge < -0.3 is 9.16 Å². The van der Waals surface area contributed by atoms with Crippen molar-refractivity contribution in [1.82, 2.24) is 0 Å². The number of allylic oxidation sites excluding steroid dienone is 2. The molecule has 21 heavy (non-hydrogen) atoms. The van der Waals surface area contributed by atoms with E-state index in [-0.39, 0.29) is 5.04 Å². The third-order valence-electron chi connectivity index (χ3n) is 5.70. The Kier molecular flexibility index (Phi) is 5.78. The highest BCUT2D eigenvalue weighted by atomic mass is 79.9. The molecular weight excluding hydrogens is 344 g/mol. The predicted molar refractivity (Wildman–Crippen MR) is 95.6 cm³/mol. The second kappa shape index (κ2) is 6.86. The first kappa shape index (κ1) is 17.7. The molecule has 0 aromatic carbocycles. The molecule has 4 heteroatoms. The standard InChI is InChI=1S/C17H31BrO2Si/c1-17(2,3)21(4,5)19-12-14-13(8-6-7-11-18)15-9-10-16(14)20-15/h6-7,13-16H,8-12H2,1-5H3/b7-6+/t13-,14+,15+,16+/m1/s1. The van der Waals surface area contributed by atoms with E-state index >= 15 is 0 Å². The smallest absolute Gasteiger partial charge is 0.191 e. The summed E-state index contributed by atoms with van der Waals surface area (Å²) in [6.45, 7) is 12.5. The zero-order valence-electron chi connectivity index (χ0n) is 14.2. The molecule has 0 aromatic rings. The number of fused-ring (bicyclic) bond motifs is 2. The number of hydrogen-bond acceptors (Lipinski definition) is 2. The second-order valence-electron chi connectivity index (χ2n) is 8.05. The van der Waals surface area contributed by atoms with Crippen molar-refractivity contribution in [3.63, 3.8) is 0 Å². The van der Waals surface area contributed by atoms with Crippen LogP contribution < -0.4 is 0 Å². The zero-order chi connectivity index (χ0) is 15.7. The molecule has 2 rings (SSSR count). The molecule has 0 amide bonds. The molecule has 0 spiro atoms. The van der Waals surface area contributed by atoms with E-state index in [9.17, 15) is 0 Å². The van der Waals surface area contributed by atoms with E-state index in [1.165, 1.54) is 12.8 Å². The first-order valence-electron chi connectivity index (χ1n) is 8.26. The van der Waals surface area contributed by atoms with Crippen molar-refractivity contribution < 1.29 is 9.16 Å². The normalized spacial score (nSPS) is 33.2. The van der Waals surface area contributed by atoms with E-state index in [1.54, 1.807) is 0 Å². The lowest BCUT2D eigenvalue weighted by Gasteiger charge is -2.38. The molecular formula is C17H31BrO2Si. The van der Waals surface area contributed by atoms with Crippen LogP contribution in [0.5, 0.6) is 0 Å². The van der Waals surface area contributed by atoms with Crippen LogP contribution in [0.25, 0.3) is 0 Å². The van der Waals surface area contributed by atoms with Crippen LogP contribution in [0.1, 0.15) is 40.0 Å². The predicted octanol–water partition coefficient (Wildman–Crippen LogP) is 5.14. The van der Waals surface area contributed by atoms with E-state index in [0.29, 0.717) is 24.0 Å². The minimum absolute atomic E-state index is 0.289. The number of ether oxygens (including phenoxy) is 1. The Bertz CT molecular complexity index is 375. The lowest BCUT2D eigenvalue weighted by molar-refractivity contribution is 0.0797. The molecule has 2 aliphatic heterocycles. The van der Waals surface area contributed by atoms with Crippen LogP contribution in [-0.2, 0) is 9.16 Å². The van der Waals surface area contributed by atoms with Crippen LogP contribution in [0, 0.1) is 11.8 Å². The maximum atomic E-state index is 6.49. The monoisotopic (exact) mass is 374 g/mol. The molecule has 0 saturated carbocycles. The van der Waals surface area contributed by atoms with Gasteiger partial charge in [-0.1, -0.05) is 48.9 Å². The molecule has 122 valence electrons. The number of alkyl halides is 1. The van der Waals surface area contributed by atoms with Crippen molar-refractivity contribution in [2.24, 2.45) is 11.8 Å². The molecule has 0 unspecified atom stereocenters. The van der Waals surface area contributed by atoms with E-state index in [4.69, 9.17) is 9.16 Å². The Morgan fingerprint density at radius 1 is 1.14 bits per heavy atom. The third kappa shape index (κ3) is 4.01. The zero-order valence-corrected chi connectivity index (χ0v) is 16.8. The van der Waals surface area contributed by atoms with Gasteiger partial charge in [0.15, 0.2) is 8.32 Å². The summed E-state index contributed by atoms with van der Waals surface area (Å²) in [7, 11) is -1.65. The highest BCUT2D eigenvalue weighted by molar-refractivity contribution is 9.09. The van der Waals surface area contributed by atoms with Crippen molar-refractivity contribution in [2.75, 3.05) is 11.9 Å². The van der Waals surface area contributed by atoms with Gasteiger partial charge in [-0.3, -0.25) is 0 Å². The lowest BCUT2D eigenvalue weighted by Crippen LogP contribution is -2.43. The average molecular weight is 375 g/mol. The van der Waals surface area contributed by atoms with Crippen LogP contribution in [-0.4, -0.2) is 32.5 Å². The summed E-state index contributed by atoms with van der Waals surface area (Å²) in [4.78, 5) is 0. The topological polar surface area (TPSA) is 18.5 Å². The summed E-state index contributed by atoms with van der Waals surface area (Å²) in [5.41, 5.74) is 0. The quantitative estimate of drug-likeness (QED) is 0.363. The Morgan fingerprint density at radius 2 is 1.76 bits per heavy atom. The molecule has 0 radical (unpaired) electrons. The maximum Gasteiger partial charge on any atom is 0.191 e. The van der Waals surface area contributed by atoms with Crippen molar-refractivity contribution in [2.45, 2.75) is 70.4 Å². The number of halogens is 1. The highest BCUT2D eigenvalue weighted by Gasteiger charge is 2.49. The molecule has 2 aliphatic rings. The van der Waals surface area contributed by atoms with Gasteiger partial charge in [-0.15, -0.1) is 0 Å². The molecule has 2 fully saturated rings. The van der Waals surface area contributed by atoms with E-state index < -0.39 is 8.32 Å². The minimum atomic E-state index is -1.65. The van der Waals surface area contributed by atoms with E-state index in [0.717, 1.165) is 18.4 Å². The Balaban J connectivity index is 1.95. The minimum Gasteiger partial charge on any atom is -0.416 e. The van der Waals surface area contributed by atoms with E-state index in [1.807, 2.05) is 0 Å². The van der Waals surface area contributed by atoms with Crippen molar-refractivity contribution in [3.05, 3.63) is 12.2 Å². The number of hydrogen-bond donors (Lipinski definition) is 0. The van der Waals surface area contributed by atoms with Gasteiger partial charge in [0.2, 0.25) is 0 Å². The van der Waals surface area contributed by atoms with Crippen LogP contribution >= 0.6 is 15.9 Å². The summed E-state index contributed by atoms with van der Waals surface area (Å²) >= 11 is 3.46. The fourth-order valence-electron chi connectivity index (χ4n) is 3.27. The van der Waals surface area contributed by atoms with Crippen molar-refractivity contribution in [3.8, 4) is 0 Å². The summed E-state index contributed by atoms with van der Waals surface area (Å²) in [6.07, 6.45) is 9.05. The Labute approximate surface area is 139 Å². The molecule has 0 aliphatic carbocycles. The average Bonchev–Trinajstić information content (AvgIpc) is 2.96. The van der Waals surface area contributed by atoms with Gasteiger partial charge >= 0.3 is 0 Å². The highest BCUT2D eigenvalue weighted by Crippen LogP contribution is 2.46. The first-order chi connectivity index (χ1) is 9.76. The Morgan fingerprint density at radius 3 is 2.33 bits per heavy atom. The number of rotatable bonds is 6. The Hall–Kier alpha value is 0.357. The van der Waals surface area contributed by atoms with Gasteiger partial charge in [-0.25, -0.2) is 0 Å². The largest absolute Gasteiger partial charge is 0.416 e. The van der Waals surface area contributed by atoms with Gasteiger partial charge in [0, 0.05) is 17.9 Å². The fourth-order valence-corrected chi connectivity index (χ4v) is 4.57. The summed E-state index contributed by atoms with van der Waals surface area (Å²) in [6, 6.07) is 0. The van der Waals surface area contributed by atoms with Gasteiger partial charge in [-0.05, 0) is 43.3 Å². The van der Waals surface area contributed by atoms with Gasteiger partial charge in [-0.2, -0.15) is 0 Å². The van der Waals surface area contributed by atoms with Gasteiger partial charge in [0.05, 0.1) is 12.2 Å². The first-order valence-corrected chi connectivity index (χ1v) is 12.3. The third-order valence-corrected chi connectivity index (χ3v) is 10.6. The summed E-state index contributed by atoms with van der Waals surface area (Å²) in [5, 5.41) is 1.23. The van der Waals surface area contributed by atoms with E-state index in [2.05, 4.69) is 61.9 Å². The molecule has 2 heterocycles. The molecule has 4 atom stereocenters. The van der Waals surface area contributed by atoms with Gasteiger partial charge in [0.25, 0.3) is 0 Å². The summed E-state index contributed by atoms with van der Waals surface area (Å²) in [5.74, 6) is 1.25. The van der Waals surface area contributed by atoms with Crippen LogP contribution in [0.2, 0.25) is 18.1 Å². The summed E-state index contributed by atoms with van der Waals surface area (Å²) < 4.78 is 12.7. The molecule has 0 aromatic heterocycles. The molecule has 2 nitrogen and oxygen atoms in total. The fraction of sp³-hybridized carbons (Fsp3) is 0.882. The van der Waals surface area contributed by atoms with Crippen molar-refractivity contribution in [1.29, 1.82) is 0 Å². The lowest BCUT2D eigenvalue weighted by atomic mass is 9.78. The SMILES string of the molecule is CC(C)(C)[Si](C)(C)OC[C@H]1[C@@H](C/C=C/CBr)[C@@H]2CC[C@@H]1O2. The molecule has 2 saturated heterocycles. The molecule has 0 N–H and O–H groups in total. The van der Waals surface area contributed by atoms with Crippen LogP contribution in [0.4, 0.5) is 0 Å². The maximum absolute atomic E-state index is 6.49. The van der Waals surface area contributed by atoms with Crippen LogP contribution in [0.15, 0.2) is 12.2 Å².